The molecule has 0 N–H and O–H groups in total. The van der Waals surface area contributed by atoms with Crippen molar-refractivity contribution in [3.8, 4) is 73.5 Å². The highest BCUT2D eigenvalue weighted by atomic mass is 15.1. The molecule has 0 radical (unpaired) electrons. The lowest BCUT2D eigenvalue weighted by Crippen LogP contribution is -2.15. The van der Waals surface area contributed by atoms with Crippen LogP contribution in [0.25, 0.3) is 95.3 Å². The lowest BCUT2D eigenvalue weighted by Gasteiger charge is -2.22. The van der Waals surface area contributed by atoms with Crippen LogP contribution in [0.3, 0.4) is 0 Å². The SMILES string of the molecule is CC1(C)c2cc(-c3ccc(-c4nc(-c5ccccn5)nc(-c5ccccn5)n4)cc3)ccc2-c2ccc(-c3ccc(-n4c5ccccc5c5ccccc54)cc3)cc21. The Morgan fingerprint density at radius 2 is 0.828 bits per heavy atom. The maximum absolute atomic E-state index is 4.84. The van der Waals surface area contributed by atoms with E-state index in [9.17, 15) is 0 Å². The predicted octanol–water partition coefficient (Wildman–Crippen LogP) is 12.4. The van der Waals surface area contributed by atoms with E-state index in [0.29, 0.717) is 28.9 Å². The summed E-state index contributed by atoms with van der Waals surface area (Å²) in [6.07, 6.45) is 3.49. The fourth-order valence-corrected chi connectivity index (χ4v) is 8.64. The van der Waals surface area contributed by atoms with Crippen LogP contribution in [0.5, 0.6) is 0 Å². The van der Waals surface area contributed by atoms with Crippen LogP contribution in [0.2, 0.25) is 0 Å². The van der Waals surface area contributed by atoms with Gasteiger partial charge in [0.2, 0.25) is 0 Å². The summed E-state index contributed by atoms with van der Waals surface area (Å²) in [4.78, 5) is 23.4. The molecule has 0 spiro atoms. The van der Waals surface area contributed by atoms with Gasteiger partial charge in [-0.2, -0.15) is 0 Å². The predicted molar refractivity (Wildman–Crippen MR) is 234 cm³/mol. The number of nitrogens with zero attached hydrogens (tertiary/aromatic N) is 6. The van der Waals surface area contributed by atoms with Crippen LogP contribution in [0, 0.1) is 0 Å². The molecule has 1 aliphatic carbocycles. The minimum atomic E-state index is -0.172. The standard InChI is InChI=1S/C52H36N6/c1-52(2)43-31-36(33-17-19-35(20-18-33)49-55-50(45-13-7-9-29-53-45)57-51(56-49)46-14-8-10-30-54-46)23-27-39(43)40-28-24-37(32-44(40)52)34-21-25-38(26-22-34)58-47-15-5-3-11-41(47)42-12-4-6-16-48(42)58/h3-32H,1-2H3. The van der Waals surface area contributed by atoms with Crippen molar-refractivity contribution in [1.29, 1.82) is 0 Å². The highest BCUT2D eigenvalue weighted by Crippen LogP contribution is 2.50. The average Bonchev–Trinajstić information content (AvgIpc) is 3.74. The minimum absolute atomic E-state index is 0.172. The van der Waals surface area contributed by atoms with Crippen LogP contribution in [0.15, 0.2) is 182 Å². The van der Waals surface area contributed by atoms with Gasteiger partial charge in [-0.05, 0) is 105 Å². The average molecular weight is 745 g/mol. The van der Waals surface area contributed by atoms with E-state index in [1.807, 2.05) is 36.4 Å². The van der Waals surface area contributed by atoms with E-state index < -0.39 is 0 Å². The molecule has 1 aliphatic rings. The van der Waals surface area contributed by atoms with E-state index in [2.05, 4.69) is 162 Å². The normalized spacial score (nSPS) is 12.8. The Kier molecular flexibility index (Phi) is 7.73. The van der Waals surface area contributed by atoms with Gasteiger partial charge < -0.3 is 4.57 Å². The number of hydrogen-bond acceptors (Lipinski definition) is 5. The molecule has 58 heavy (non-hydrogen) atoms. The van der Waals surface area contributed by atoms with Crippen molar-refractivity contribution in [2.24, 2.45) is 0 Å². The van der Waals surface area contributed by atoms with Crippen LogP contribution < -0.4 is 0 Å². The first-order valence-electron chi connectivity index (χ1n) is 19.6. The lowest BCUT2D eigenvalue weighted by atomic mass is 9.81. The molecule has 4 heterocycles. The van der Waals surface area contributed by atoms with Crippen LogP contribution in [0.1, 0.15) is 25.0 Å². The van der Waals surface area contributed by atoms with E-state index >= 15 is 0 Å². The zero-order valence-corrected chi connectivity index (χ0v) is 32.0. The molecule has 0 aliphatic heterocycles. The number of rotatable bonds is 6. The Labute approximate surface area is 336 Å². The van der Waals surface area contributed by atoms with E-state index in [0.717, 1.165) is 16.8 Å². The van der Waals surface area contributed by atoms with Crippen LogP contribution >= 0.6 is 0 Å². The maximum Gasteiger partial charge on any atom is 0.182 e. The zero-order valence-electron chi connectivity index (χ0n) is 32.0. The summed E-state index contributed by atoms with van der Waals surface area (Å²) >= 11 is 0. The molecule has 0 unspecified atom stereocenters. The molecule has 0 saturated heterocycles. The van der Waals surface area contributed by atoms with Crippen molar-refractivity contribution >= 4 is 21.8 Å². The number of pyridine rings is 2. The van der Waals surface area contributed by atoms with Crippen molar-refractivity contribution in [3.05, 3.63) is 193 Å². The number of fused-ring (bicyclic) bond motifs is 6. The van der Waals surface area contributed by atoms with Gasteiger partial charge in [0.15, 0.2) is 17.5 Å². The molecule has 274 valence electrons. The third-order valence-electron chi connectivity index (χ3n) is 11.6. The Morgan fingerprint density at radius 3 is 1.33 bits per heavy atom. The van der Waals surface area contributed by atoms with Gasteiger partial charge in [0.05, 0.1) is 11.0 Å². The van der Waals surface area contributed by atoms with Gasteiger partial charge in [0.25, 0.3) is 0 Å². The van der Waals surface area contributed by atoms with Gasteiger partial charge in [-0.3, -0.25) is 9.97 Å². The minimum Gasteiger partial charge on any atom is -0.309 e. The first kappa shape index (κ1) is 33.7. The molecule has 6 heteroatoms. The van der Waals surface area contributed by atoms with Gasteiger partial charge in [0, 0.05) is 39.8 Å². The highest BCUT2D eigenvalue weighted by Gasteiger charge is 2.36. The van der Waals surface area contributed by atoms with Crippen molar-refractivity contribution in [3.63, 3.8) is 0 Å². The van der Waals surface area contributed by atoms with Gasteiger partial charge in [-0.1, -0.05) is 123 Å². The summed E-state index contributed by atoms with van der Waals surface area (Å²) in [6.45, 7) is 4.69. The summed E-state index contributed by atoms with van der Waals surface area (Å²) in [7, 11) is 0. The molecular weight excluding hydrogens is 709 g/mol. The smallest absolute Gasteiger partial charge is 0.182 e. The van der Waals surface area contributed by atoms with Crippen molar-refractivity contribution in [1.82, 2.24) is 29.5 Å². The van der Waals surface area contributed by atoms with Gasteiger partial charge in [-0.25, -0.2) is 15.0 Å². The molecule has 0 fully saturated rings. The summed E-state index contributed by atoms with van der Waals surface area (Å²) in [5.74, 6) is 1.59. The maximum atomic E-state index is 4.84. The highest BCUT2D eigenvalue weighted by molar-refractivity contribution is 6.09. The lowest BCUT2D eigenvalue weighted by molar-refractivity contribution is 0.661. The summed E-state index contributed by atoms with van der Waals surface area (Å²) < 4.78 is 2.37. The van der Waals surface area contributed by atoms with E-state index in [1.165, 1.54) is 60.8 Å². The number of para-hydroxylation sites is 2. The van der Waals surface area contributed by atoms with E-state index in [4.69, 9.17) is 15.0 Å². The van der Waals surface area contributed by atoms with Crippen LogP contribution in [0.4, 0.5) is 0 Å². The molecule has 6 nitrogen and oxygen atoms in total. The molecule has 0 bridgehead atoms. The van der Waals surface area contributed by atoms with Gasteiger partial charge in [0.1, 0.15) is 11.4 Å². The number of hydrogen-bond donors (Lipinski definition) is 0. The Balaban J connectivity index is 0.895. The fraction of sp³-hybridized carbons (Fsp3) is 0.0577. The molecule has 0 amide bonds. The quantitative estimate of drug-likeness (QED) is 0.170. The summed E-state index contributed by atoms with van der Waals surface area (Å²) in [5, 5.41) is 2.54. The number of benzene rings is 6. The molecule has 0 saturated carbocycles. The van der Waals surface area contributed by atoms with Crippen LogP contribution in [-0.2, 0) is 5.41 Å². The van der Waals surface area contributed by atoms with E-state index in [1.54, 1.807) is 12.4 Å². The molecular formula is C52H36N6. The van der Waals surface area contributed by atoms with E-state index in [-0.39, 0.29) is 5.41 Å². The first-order chi connectivity index (χ1) is 28.5. The Bertz CT molecular complexity index is 3060. The molecule has 0 atom stereocenters. The molecule has 11 rings (SSSR count). The second kappa shape index (κ2) is 13.3. The number of aromatic nitrogens is 6. The van der Waals surface area contributed by atoms with Gasteiger partial charge >= 0.3 is 0 Å². The Morgan fingerprint density at radius 1 is 0.397 bits per heavy atom. The molecule has 4 aromatic heterocycles. The van der Waals surface area contributed by atoms with Gasteiger partial charge in [-0.15, -0.1) is 0 Å². The fourth-order valence-electron chi connectivity index (χ4n) is 8.64. The second-order valence-electron chi connectivity index (χ2n) is 15.4. The Hall–Kier alpha value is -7.57. The van der Waals surface area contributed by atoms with Crippen LogP contribution in [-0.4, -0.2) is 29.5 Å². The largest absolute Gasteiger partial charge is 0.309 e. The molecule has 6 aromatic carbocycles. The third kappa shape index (κ3) is 5.52. The van der Waals surface area contributed by atoms with Crippen molar-refractivity contribution in [2.75, 3.05) is 0 Å². The van der Waals surface area contributed by atoms with Crippen molar-refractivity contribution < 1.29 is 0 Å². The zero-order chi connectivity index (χ0) is 38.8. The molecule has 10 aromatic rings. The summed E-state index contributed by atoms with van der Waals surface area (Å²) in [5.41, 5.74) is 15.7. The monoisotopic (exact) mass is 744 g/mol. The topological polar surface area (TPSA) is 69.4 Å². The summed E-state index contributed by atoms with van der Waals surface area (Å²) in [6, 6.07) is 60.1. The van der Waals surface area contributed by atoms with Crippen molar-refractivity contribution in [2.45, 2.75) is 19.3 Å². The third-order valence-corrected chi connectivity index (χ3v) is 11.6. The first-order valence-corrected chi connectivity index (χ1v) is 19.6. The second-order valence-corrected chi connectivity index (χ2v) is 15.4.